The van der Waals surface area contributed by atoms with Crippen molar-refractivity contribution in [2.75, 3.05) is 6.54 Å². The van der Waals surface area contributed by atoms with Crippen LogP contribution in [0.4, 0.5) is 0 Å². The molecule has 1 fully saturated rings. The first-order valence-corrected chi connectivity index (χ1v) is 10.5. The van der Waals surface area contributed by atoms with Gasteiger partial charge in [-0.05, 0) is 49.4 Å². The van der Waals surface area contributed by atoms with E-state index in [1.807, 2.05) is 0 Å². The SMILES string of the molecule is O=S(=O)(NCCC1CCCC(OCc2nn[nH]n2)C1)c1ccc(Cl)cc1. The third-order valence-electron chi connectivity index (χ3n) is 4.54. The number of halogens is 1. The minimum absolute atomic E-state index is 0.153. The maximum absolute atomic E-state index is 12.3. The van der Waals surface area contributed by atoms with Crippen molar-refractivity contribution in [3.8, 4) is 0 Å². The Morgan fingerprint density at radius 3 is 2.81 bits per heavy atom. The van der Waals surface area contributed by atoms with Crippen LogP contribution in [-0.2, 0) is 21.4 Å². The molecule has 3 rings (SSSR count). The van der Waals surface area contributed by atoms with Crippen molar-refractivity contribution in [3.63, 3.8) is 0 Å². The van der Waals surface area contributed by atoms with Gasteiger partial charge in [-0.3, -0.25) is 0 Å². The summed E-state index contributed by atoms with van der Waals surface area (Å²) >= 11 is 5.80. The average Bonchev–Trinajstić information content (AvgIpc) is 3.14. The van der Waals surface area contributed by atoms with Crippen molar-refractivity contribution < 1.29 is 13.2 Å². The smallest absolute Gasteiger partial charge is 0.240 e. The normalized spacial score (nSPS) is 21.0. The highest BCUT2D eigenvalue weighted by Crippen LogP contribution is 2.29. The summed E-state index contributed by atoms with van der Waals surface area (Å²) < 4.78 is 33.1. The molecule has 10 heteroatoms. The highest BCUT2D eigenvalue weighted by molar-refractivity contribution is 7.89. The number of H-pyrrole nitrogens is 1. The Morgan fingerprint density at radius 1 is 1.27 bits per heavy atom. The fourth-order valence-electron chi connectivity index (χ4n) is 3.19. The number of tetrazole rings is 1. The predicted octanol–water partition coefficient (Wildman–Crippen LogP) is 2.30. The summed E-state index contributed by atoms with van der Waals surface area (Å²) in [6.45, 7) is 0.754. The Kier molecular flexibility index (Phi) is 6.58. The first-order valence-electron chi connectivity index (χ1n) is 8.62. The topological polar surface area (TPSA) is 110 Å². The Morgan fingerprint density at radius 2 is 2.08 bits per heavy atom. The van der Waals surface area contributed by atoms with Crippen molar-refractivity contribution in [1.82, 2.24) is 25.3 Å². The lowest BCUT2D eigenvalue weighted by Crippen LogP contribution is -2.29. The van der Waals surface area contributed by atoms with Crippen LogP contribution < -0.4 is 4.72 Å². The van der Waals surface area contributed by atoms with Crippen LogP contribution in [0.3, 0.4) is 0 Å². The molecule has 0 radical (unpaired) electrons. The quantitative estimate of drug-likeness (QED) is 0.704. The molecule has 0 spiro atoms. The molecule has 2 N–H and O–H groups in total. The number of benzene rings is 1. The second-order valence-electron chi connectivity index (χ2n) is 6.43. The van der Waals surface area contributed by atoms with E-state index in [4.69, 9.17) is 16.3 Å². The molecule has 2 atom stereocenters. The fourth-order valence-corrected chi connectivity index (χ4v) is 4.36. The standard InChI is InChI=1S/C16H22ClN5O3S/c17-13-4-6-15(7-5-13)26(23,24)18-9-8-12-2-1-3-14(10-12)25-11-16-19-21-22-20-16/h4-7,12,14,18H,1-3,8-11H2,(H,19,20,21,22). The zero-order valence-corrected chi connectivity index (χ0v) is 15.8. The van der Waals surface area contributed by atoms with E-state index >= 15 is 0 Å². The lowest BCUT2D eigenvalue weighted by Gasteiger charge is -2.29. The molecule has 2 aromatic rings. The molecule has 0 aliphatic heterocycles. The average molecular weight is 400 g/mol. The first-order chi connectivity index (χ1) is 12.5. The summed E-state index contributed by atoms with van der Waals surface area (Å²) in [6.07, 6.45) is 5.02. The van der Waals surface area contributed by atoms with Crippen molar-refractivity contribution >= 4 is 21.6 Å². The number of hydrogen-bond acceptors (Lipinski definition) is 6. The monoisotopic (exact) mass is 399 g/mol. The number of rotatable bonds is 8. The Bertz CT molecular complexity index is 783. The summed E-state index contributed by atoms with van der Waals surface area (Å²) in [6, 6.07) is 6.16. The van der Waals surface area contributed by atoms with Crippen LogP contribution >= 0.6 is 11.6 Å². The number of nitrogens with zero attached hydrogens (tertiary/aromatic N) is 3. The van der Waals surface area contributed by atoms with Crippen molar-refractivity contribution in [3.05, 3.63) is 35.1 Å². The van der Waals surface area contributed by atoms with Crippen LogP contribution in [0.2, 0.25) is 5.02 Å². The summed E-state index contributed by atoms with van der Waals surface area (Å²) in [5.74, 6) is 0.981. The third kappa shape index (κ3) is 5.47. The van der Waals surface area contributed by atoms with Gasteiger partial charge in [-0.2, -0.15) is 5.21 Å². The molecule has 1 aliphatic carbocycles. The lowest BCUT2D eigenvalue weighted by molar-refractivity contribution is -0.00157. The molecule has 26 heavy (non-hydrogen) atoms. The predicted molar refractivity (Wildman–Crippen MR) is 96.0 cm³/mol. The number of sulfonamides is 1. The van der Waals surface area contributed by atoms with Gasteiger partial charge in [-0.1, -0.05) is 29.7 Å². The van der Waals surface area contributed by atoms with Gasteiger partial charge in [0.25, 0.3) is 0 Å². The Labute approximate surface area is 157 Å². The minimum Gasteiger partial charge on any atom is -0.370 e. The van der Waals surface area contributed by atoms with Gasteiger partial charge in [0.15, 0.2) is 5.82 Å². The molecule has 1 heterocycles. The molecule has 1 aliphatic rings. The van der Waals surface area contributed by atoms with Gasteiger partial charge >= 0.3 is 0 Å². The molecule has 142 valence electrons. The fraction of sp³-hybridized carbons (Fsp3) is 0.562. The third-order valence-corrected chi connectivity index (χ3v) is 6.27. The summed E-state index contributed by atoms with van der Waals surface area (Å²) in [5.41, 5.74) is 0. The van der Waals surface area contributed by atoms with Crippen LogP contribution in [0, 0.1) is 5.92 Å². The summed E-state index contributed by atoms with van der Waals surface area (Å²) in [5, 5.41) is 14.2. The molecule has 8 nitrogen and oxygen atoms in total. The number of hydrogen-bond donors (Lipinski definition) is 2. The number of aromatic nitrogens is 4. The van der Waals surface area contributed by atoms with Crippen molar-refractivity contribution in [2.24, 2.45) is 5.92 Å². The first kappa shape index (κ1) is 19.2. The van der Waals surface area contributed by atoms with E-state index in [1.54, 1.807) is 12.1 Å². The second kappa shape index (κ2) is 8.90. The minimum atomic E-state index is -3.50. The van der Waals surface area contributed by atoms with E-state index in [-0.39, 0.29) is 11.0 Å². The van der Waals surface area contributed by atoms with Gasteiger partial charge < -0.3 is 4.74 Å². The Balaban J connectivity index is 1.43. The van der Waals surface area contributed by atoms with Crippen LogP contribution in [0.5, 0.6) is 0 Å². The number of ether oxygens (including phenoxy) is 1. The highest BCUT2D eigenvalue weighted by atomic mass is 35.5. The van der Waals surface area contributed by atoms with Crippen molar-refractivity contribution in [1.29, 1.82) is 0 Å². The van der Waals surface area contributed by atoms with E-state index in [1.165, 1.54) is 12.1 Å². The van der Waals surface area contributed by atoms with Crippen LogP contribution in [0.25, 0.3) is 0 Å². The lowest BCUT2D eigenvalue weighted by atomic mass is 9.85. The van der Waals surface area contributed by atoms with Crippen LogP contribution in [-0.4, -0.2) is 41.7 Å². The zero-order valence-electron chi connectivity index (χ0n) is 14.3. The molecule has 1 aromatic heterocycles. The van der Waals surface area contributed by atoms with E-state index in [9.17, 15) is 8.42 Å². The van der Waals surface area contributed by atoms with Crippen molar-refractivity contribution in [2.45, 2.75) is 49.7 Å². The molecule has 2 unspecified atom stereocenters. The van der Waals surface area contributed by atoms with Gasteiger partial charge in [-0.25, -0.2) is 13.1 Å². The van der Waals surface area contributed by atoms with Crippen LogP contribution in [0.1, 0.15) is 37.9 Å². The van der Waals surface area contributed by atoms with Gasteiger partial charge in [0, 0.05) is 11.6 Å². The molecular weight excluding hydrogens is 378 g/mol. The molecule has 1 saturated carbocycles. The maximum Gasteiger partial charge on any atom is 0.240 e. The van der Waals surface area contributed by atoms with E-state index < -0.39 is 10.0 Å². The van der Waals surface area contributed by atoms with Gasteiger partial charge in [0.1, 0.15) is 6.61 Å². The molecule has 0 saturated heterocycles. The van der Waals surface area contributed by atoms with Gasteiger partial charge in [0.05, 0.1) is 11.0 Å². The van der Waals surface area contributed by atoms with E-state index in [0.717, 1.165) is 32.1 Å². The summed E-state index contributed by atoms with van der Waals surface area (Å²) in [7, 11) is -3.50. The Hall–Kier alpha value is -1.55. The molecule has 1 aromatic carbocycles. The summed E-state index contributed by atoms with van der Waals surface area (Å²) in [4.78, 5) is 0.229. The maximum atomic E-state index is 12.3. The van der Waals surface area contributed by atoms with Crippen LogP contribution in [0.15, 0.2) is 29.2 Å². The van der Waals surface area contributed by atoms with E-state index in [2.05, 4.69) is 25.3 Å². The van der Waals surface area contributed by atoms with E-state index in [0.29, 0.717) is 29.9 Å². The number of nitrogens with one attached hydrogen (secondary N) is 2. The van der Waals surface area contributed by atoms with Gasteiger partial charge in [0.2, 0.25) is 10.0 Å². The zero-order chi connectivity index (χ0) is 18.4. The molecule has 0 bridgehead atoms. The number of aromatic amines is 1. The molecule has 0 amide bonds. The highest BCUT2D eigenvalue weighted by Gasteiger charge is 2.23. The van der Waals surface area contributed by atoms with Gasteiger partial charge in [-0.15, -0.1) is 10.2 Å². The largest absolute Gasteiger partial charge is 0.370 e. The second-order valence-corrected chi connectivity index (χ2v) is 8.64. The molecular formula is C16H22ClN5O3S.